The summed E-state index contributed by atoms with van der Waals surface area (Å²) in [6.07, 6.45) is 3.40. The van der Waals surface area contributed by atoms with Crippen molar-refractivity contribution in [3.05, 3.63) is 59.1 Å². The molecule has 5 heteroatoms. The minimum Gasteiger partial charge on any atom is -0.481 e. The molecule has 0 saturated heterocycles. The molecule has 0 aliphatic carbocycles. The maximum Gasteiger partial charge on any atom is 0.261 e. The average molecular weight is 387 g/mol. The Bertz CT molecular complexity index is 748. The molecule has 0 aromatic heterocycles. The molecule has 1 N–H and O–H groups in total. The van der Waals surface area contributed by atoms with Crippen LogP contribution in [-0.4, -0.2) is 31.6 Å². The van der Waals surface area contributed by atoms with Crippen molar-refractivity contribution in [2.45, 2.75) is 38.7 Å². The Balaban J connectivity index is 1.44. The van der Waals surface area contributed by atoms with E-state index in [4.69, 9.17) is 16.3 Å². The summed E-state index contributed by atoms with van der Waals surface area (Å²) >= 11 is 5.89. The van der Waals surface area contributed by atoms with E-state index in [0.29, 0.717) is 23.7 Å². The highest BCUT2D eigenvalue weighted by atomic mass is 35.5. The number of hydrogen-bond donors (Lipinski definition) is 1. The summed E-state index contributed by atoms with van der Waals surface area (Å²) in [6.45, 7) is 4.64. The number of fused-ring (bicyclic) bond motifs is 1. The van der Waals surface area contributed by atoms with Crippen LogP contribution in [0, 0.1) is 0 Å². The van der Waals surface area contributed by atoms with Crippen LogP contribution >= 0.6 is 11.6 Å². The van der Waals surface area contributed by atoms with E-state index < -0.39 is 6.10 Å². The number of carbonyl (C=O) groups excluding carboxylic acids is 1. The fraction of sp³-hybridized carbons (Fsp3) is 0.409. The van der Waals surface area contributed by atoms with Crippen LogP contribution in [0.4, 0.5) is 5.69 Å². The summed E-state index contributed by atoms with van der Waals surface area (Å²) in [7, 11) is 0. The molecule has 2 aromatic rings. The van der Waals surface area contributed by atoms with Gasteiger partial charge in [0, 0.05) is 30.3 Å². The van der Waals surface area contributed by atoms with Gasteiger partial charge in [-0.1, -0.05) is 36.7 Å². The lowest BCUT2D eigenvalue weighted by atomic mass is 10.0. The zero-order chi connectivity index (χ0) is 19.1. The maximum atomic E-state index is 12.4. The molecule has 1 heterocycles. The van der Waals surface area contributed by atoms with Crippen LogP contribution in [0.15, 0.2) is 48.5 Å². The van der Waals surface area contributed by atoms with E-state index in [2.05, 4.69) is 34.5 Å². The Hall–Kier alpha value is -2.20. The monoisotopic (exact) mass is 386 g/mol. The SMILES string of the molecule is CCC(Oc1ccc(Cl)cc1)C(=O)NCCCN1CCCc2ccccc21. The summed E-state index contributed by atoms with van der Waals surface area (Å²) in [5, 5.41) is 3.66. The van der Waals surface area contributed by atoms with E-state index in [1.807, 2.05) is 6.92 Å². The first kappa shape index (κ1) is 19.6. The number of carbonyl (C=O) groups is 1. The van der Waals surface area contributed by atoms with Gasteiger partial charge in [0.2, 0.25) is 0 Å². The number of para-hydroxylation sites is 1. The van der Waals surface area contributed by atoms with Gasteiger partial charge in [-0.15, -0.1) is 0 Å². The topological polar surface area (TPSA) is 41.6 Å². The van der Waals surface area contributed by atoms with Gasteiger partial charge >= 0.3 is 0 Å². The van der Waals surface area contributed by atoms with Crippen molar-refractivity contribution in [3.63, 3.8) is 0 Å². The second kappa shape index (κ2) is 9.65. The van der Waals surface area contributed by atoms with Gasteiger partial charge in [0.25, 0.3) is 5.91 Å². The number of rotatable bonds is 8. The van der Waals surface area contributed by atoms with Crippen molar-refractivity contribution in [3.8, 4) is 5.75 Å². The molecule has 144 valence electrons. The summed E-state index contributed by atoms with van der Waals surface area (Å²) in [6, 6.07) is 15.7. The lowest BCUT2D eigenvalue weighted by Crippen LogP contribution is -2.39. The fourth-order valence-electron chi connectivity index (χ4n) is 3.44. The molecule has 0 saturated carbocycles. The minimum atomic E-state index is -0.484. The van der Waals surface area contributed by atoms with Gasteiger partial charge in [-0.2, -0.15) is 0 Å². The van der Waals surface area contributed by atoms with Crippen LogP contribution < -0.4 is 15.0 Å². The number of ether oxygens (including phenoxy) is 1. The van der Waals surface area contributed by atoms with E-state index in [0.717, 1.165) is 25.9 Å². The van der Waals surface area contributed by atoms with Crippen LogP contribution in [-0.2, 0) is 11.2 Å². The Labute approximate surface area is 166 Å². The van der Waals surface area contributed by atoms with Gasteiger partial charge in [0.15, 0.2) is 6.10 Å². The predicted octanol–water partition coefficient (Wildman–Crippen LogP) is 4.46. The van der Waals surface area contributed by atoms with E-state index in [-0.39, 0.29) is 5.91 Å². The highest BCUT2D eigenvalue weighted by Gasteiger charge is 2.19. The van der Waals surface area contributed by atoms with Gasteiger partial charge in [-0.05, 0) is 61.6 Å². The fourth-order valence-corrected chi connectivity index (χ4v) is 3.56. The van der Waals surface area contributed by atoms with Gasteiger partial charge in [0.05, 0.1) is 0 Å². The van der Waals surface area contributed by atoms with Gasteiger partial charge in [0.1, 0.15) is 5.75 Å². The molecule has 0 fully saturated rings. The number of anilines is 1. The summed E-state index contributed by atoms with van der Waals surface area (Å²) in [5.41, 5.74) is 2.77. The first-order valence-electron chi connectivity index (χ1n) is 9.70. The van der Waals surface area contributed by atoms with Gasteiger partial charge in [-0.3, -0.25) is 4.79 Å². The summed E-state index contributed by atoms with van der Waals surface area (Å²) in [4.78, 5) is 14.8. The third-order valence-corrected chi connectivity index (χ3v) is 5.12. The zero-order valence-corrected chi connectivity index (χ0v) is 16.5. The Morgan fingerprint density at radius 3 is 2.78 bits per heavy atom. The zero-order valence-electron chi connectivity index (χ0n) is 15.8. The lowest BCUT2D eigenvalue weighted by molar-refractivity contribution is -0.128. The molecule has 27 heavy (non-hydrogen) atoms. The highest BCUT2D eigenvalue weighted by Crippen LogP contribution is 2.26. The van der Waals surface area contributed by atoms with Crippen LogP contribution in [0.25, 0.3) is 0 Å². The number of nitrogens with zero attached hydrogens (tertiary/aromatic N) is 1. The largest absolute Gasteiger partial charge is 0.481 e. The third-order valence-electron chi connectivity index (χ3n) is 4.87. The third kappa shape index (κ3) is 5.39. The number of halogens is 1. The molecule has 4 nitrogen and oxygen atoms in total. The molecule has 0 bridgehead atoms. The molecular weight excluding hydrogens is 360 g/mol. The summed E-state index contributed by atoms with van der Waals surface area (Å²) in [5.74, 6) is 0.595. The first-order chi connectivity index (χ1) is 13.2. The van der Waals surface area contributed by atoms with Crippen molar-refractivity contribution < 1.29 is 9.53 Å². The van der Waals surface area contributed by atoms with E-state index in [1.54, 1.807) is 24.3 Å². The van der Waals surface area contributed by atoms with Crippen LogP contribution in [0.3, 0.4) is 0 Å². The quantitative estimate of drug-likeness (QED) is 0.681. The van der Waals surface area contributed by atoms with Crippen molar-refractivity contribution in [2.75, 3.05) is 24.5 Å². The number of benzene rings is 2. The Morgan fingerprint density at radius 1 is 1.22 bits per heavy atom. The smallest absolute Gasteiger partial charge is 0.261 e. The highest BCUT2D eigenvalue weighted by molar-refractivity contribution is 6.30. The van der Waals surface area contributed by atoms with Crippen molar-refractivity contribution in [1.29, 1.82) is 0 Å². The first-order valence-corrected chi connectivity index (χ1v) is 10.1. The summed E-state index contributed by atoms with van der Waals surface area (Å²) < 4.78 is 5.79. The van der Waals surface area contributed by atoms with Crippen LogP contribution in [0.1, 0.15) is 31.7 Å². The molecule has 1 atom stereocenters. The lowest BCUT2D eigenvalue weighted by Gasteiger charge is -2.31. The predicted molar refractivity (Wildman–Crippen MR) is 111 cm³/mol. The Kier molecular flexibility index (Phi) is 6.99. The normalized spacial score (nSPS) is 14.4. The maximum absolute atomic E-state index is 12.4. The molecule has 1 amide bonds. The standard InChI is InChI=1S/C22H27ClN2O2/c1-2-21(27-19-12-10-18(23)11-13-19)22(26)24-14-6-16-25-15-5-8-17-7-3-4-9-20(17)25/h3-4,7,9-13,21H,2,5-6,8,14-16H2,1H3,(H,24,26). The number of aryl methyl sites for hydroxylation is 1. The van der Waals surface area contributed by atoms with E-state index in [1.165, 1.54) is 17.7 Å². The van der Waals surface area contributed by atoms with Crippen LogP contribution in [0.2, 0.25) is 5.02 Å². The molecular formula is C22H27ClN2O2. The van der Waals surface area contributed by atoms with Crippen molar-refractivity contribution in [2.24, 2.45) is 0 Å². The minimum absolute atomic E-state index is 0.0634. The van der Waals surface area contributed by atoms with Crippen molar-refractivity contribution >= 4 is 23.2 Å². The van der Waals surface area contributed by atoms with Crippen molar-refractivity contribution in [1.82, 2.24) is 5.32 Å². The average Bonchev–Trinajstić information content (AvgIpc) is 2.70. The molecule has 0 radical (unpaired) electrons. The van der Waals surface area contributed by atoms with Crippen LogP contribution in [0.5, 0.6) is 5.75 Å². The molecule has 0 spiro atoms. The molecule has 1 aliphatic heterocycles. The number of amides is 1. The second-order valence-electron chi connectivity index (χ2n) is 6.83. The van der Waals surface area contributed by atoms with Gasteiger partial charge < -0.3 is 15.0 Å². The van der Waals surface area contributed by atoms with Gasteiger partial charge in [-0.25, -0.2) is 0 Å². The molecule has 1 unspecified atom stereocenters. The molecule has 2 aromatic carbocycles. The molecule has 1 aliphatic rings. The van der Waals surface area contributed by atoms with E-state index >= 15 is 0 Å². The number of nitrogens with one attached hydrogen (secondary N) is 1. The number of hydrogen-bond acceptors (Lipinski definition) is 3. The second-order valence-corrected chi connectivity index (χ2v) is 7.27. The molecule has 3 rings (SSSR count). The Morgan fingerprint density at radius 2 is 2.00 bits per heavy atom. The van der Waals surface area contributed by atoms with E-state index in [9.17, 15) is 4.79 Å².